The summed E-state index contributed by atoms with van der Waals surface area (Å²) in [5.74, 6) is 1.32. The van der Waals surface area contributed by atoms with Gasteiger partial charge in [-0.05, 0) is 0 Å². The maximum atomic E-state index is 11.3. The molecule has 0 N–H and O–H groups in total. The molecule has 98 valence electrons. The van der Waals surface area contributed by atoms with E-state index in [4.69, 9.17) is 4.74 Å². The molecule has 1 aliphatic rings. The van der Waals surface area contributed by atoms with Gasteiger partial charge in [0.15, 0.2) is 5.82 Å². The van der Waals surface area contributed by atoms with Crippen LogP contribution in [0.3, 0.4) is 0 Å². The molecule has 0 radical (unpaired) electrons. The Kier molecular flexibility index (Phi) is 3.64. The van der Waals surface area contributed by atoms with Crippen molar-refractivity contribution in [2.75, 3.05) is 32.1 Å². The second-order valence-corrected chi connectivity index (χ2v) is 4.57. The van der Waals surface area contributed by atoms with Gasteiger partial charge in [-0.15, -0.1) is 0 Å². The highest BCUT2D eigenvalue weighted by Crippen LogP contribution is 2.24. The summed E-state index contributed by atoms with van der Waals surface area (Å²) in [6, 6.07) is 0. The van der Waals surface area contributed by atoms with Crippen molar-refractivity contribution >= 4 is 11.7 Å². The Labute approximate surface area is 107 Å². The molecular weight excluding hydrogens is 232 g/mol. The molecule has 0 aliphatic carbocycles. The Balaban J connectivity index is 2.04. The summed E-state index contributed by atoms with van der Waals surface area (Å²) in [6.45, 7) is 2.95. The average Bonchev–Trinajstić information content (AvgIpc) is 2.78. The van der Waals surface area contributed by atoms with Gasteiger partial charge in [0.1, 0.15) is 6.10 Å². The number of ether oxygens (including phenoxy) is 1. The lowest BCUT2D eigenvalue weighted by molar-refractivity contribution is -0.128. The van der Waals surface area contributed by atoms with Crippen LogP contribution in [0.5, 0.6) is 5.88 Å². The van der Waals surface area contributed by atoms with Crippen LogP contribution in [0.2, 0.25) is 0 Å². The van der Waals surface area contributed by atoms with Gasteiger partial charge in [-0.25, -0.2) is 9.97 Å². The second kappa shape index (κ2) is 5.20. The molecule has 0 bridgehead atoms. The van der Waals surface area contributed by atoms with Crippen molar-refractivity contribution in [3.05, 3.63) is 12.4 Å². The molecule has 6 heteroatoms. The minimum atomic E-state index is 0.00398. The quantitative estimate of drug-likeness (QED) is 0.783. The first-order valence-corrected chi connectivity index (χ1v) is 5.98. The van der Waals surface area contributed by atoms with E-state index in [1.807, 2.05) is 19.0 Å². The van der Waals surface area contributed by atoms with Crippen LogP contribution >= 0.6 is 0 Å². The third-order valence-corrected chi connectivity index (χ3v) is 2.94. The van der Waals surface area contributed by atoms with E-state index in [-0.39, 0.29) is 12.0 Å². The predicted octanol–water partition coefficient (Wildman–Crippen LogP) is 0.542. The van der Waals surface area contributed by atoms with Crippen LogP contribution < -0.4 is 9.64 Å². The number of carbonyl (C=O) groups is 1. The van der Waals surface area contributed by atoms with Gasteiger partial charge in [-0.3, -0.25) is 4.79 Å². The lowest BCUT2D eigenvalue weighted by Gasteiger charge is -2.18. The highest BCUT2D eigenvalue weighted by atomic mass is 16.5. The fourth-order valence-corrected chi connectivity index (χ4v) is 1.98. The van der Waals surface area contributed by atoms with Crippen molar-refractivity contribution < 1.29 is 9.53 Å². The Morgan fingerprint density at radius 1 is 1.44 bits per heavy atom. The van der Waals surface area contributed by atoms with E-state index in [0.717, 1.165) is 13.0 Å². The maximum Gasteiger partial charge on any atom is 0.257 e. The summed E-state index contributed by atoms with van der Waals surface area (Å²) in [5.41, 5.74) is 0. The zero-order valence-electron chi connectivity index (χ0n) is 11.0. The van der Waals surface area contributed by atoms with Gasteiger partial charge in [0, 0.05) is 46.4 Å². The van der Waals surface area contributed by atoms with Crippen LogP contribution in [-0.2, 0) is 4.79 Å². The molecule has 0 aromatic carbocycles. The van der Waals surface area contributed by atoms with E-state index in [1.54, 1.807) is 24.2 Å². The number of likely N-dealkylation sites (tertiary alicyclic amines) is 1. The molecular formula is C12H18N4O2. The lowest BCUT2D eigenvalue weighted by Crippen LogP contribution is -2.29. The van der Waals surface area contributed by atoms with E-state index in [9.17, 15) is 4.79 Å². The molecule has 2 heterocycles. The summed E-state index contributed by atoms with van der Waals surface area (Å²) < 4.78 is 5.84. The fourth-order valence-electron chi connectivity index (χ4n) is 1.98. The minimum Gasteiger partial charge on any atom is -0.470 e. The maximum absolute atomic E-state index is 11.3. The minimum absolute atomic E-state index is 0.00398. The highest BCUT2D eigenvalue weighted by molar-refractivity contribution is 5.73. The first kappa shape index (κ1) is 12.6. The van der Waals surface area contributed by atoms with Crippen molar-refractivity contribution in [2.45, 2.75) is 19.4 Å². The number of carbonyl (C=O) groups excluding carboxylic acids is 1. The molecule has 1 fully saturated rings. The van der Waals surface area contributed by atoms with Crippen LogP contribution in [0.15, 0.2) is 12.4 Å². The largest absolute Gasteiger partial charge is 0.470 e. The first-order valence-electron chi connectivity index (χ1n) is 5.98. The van der Waals surface area contributed by atoms with E-state index in [0.29, 0.717) is 18.2 Å². The number of anilines is 1. The molecule has 1 atom stereocenters. The van der Waals surface area contributed by atoms with E-state index < -0.39 is 0 Å². The lowest BCUT2D eigenvalue weighted by atomic mass is 10.3. The fraction of sp³-hybridized carbons (Fsp3) is 0.583. The summed E-state index contributed by atoms with van der Waals surface area (Å²) in [7, 11) is 3.79. The molecule has 18 heavy (non-hydrogen) atoms. The Morgan fingerprint density at radius 2 is 2.17 bits per heavy atom. The van der Waals surface area contributed by atoms with Crippen molar-refractivity contribution in [1.29, 1.82) is 0 Å². The van der Waals surface area contributed by atoms with Gasteiger partial charge in [0.25, 0.3) is 5.88 Å². The van der Waals surface area contributed by atoms with E-state index in [1.165, 1.54) is 0 Å². The smallest absolute Gasteiger partial charge is 0.257 e. The van der Waals surface area contributed by atoms with Crippen LogP contribution in [0.1, 0.15) is 13.3 Å². The molecule has 1 amide bonds. The summed E-state index contributed by atoms with van der Waals surface area (Å²) in [4.78, 5) is 23.3. The number of amides is 1. The predicted molar refractivity (Wildman–Crippen MR) is 67.6 cm³/mol. The molecule has 1 saturated heterocycles. The van der Waals surface area contributed by atoms with Gasteiger partial charge in [0.05, 0.1) is 6.54 Å². The van der Waals surface area contributed by atoms with Crippen molar-refractivity contribution in [2.24, 2.45) is 0 Å². The van der Waals surface area contributed by atoms with Crippen LogP contribution in [-0.4, -0.2) is 54.1 Å². The Bertz CT molecular complexity index is 436. The third kappa shape index (κ3) is 2.69. The van der Waals surface area contributed by atoms with Gasteiger partial charge in [-0.2, -0.15) is 0 Å². The summed E-state index contributed by atoms with van der Waals surface area (Å²) in [6.07, 6.45) is 4.09. The zero-order valence-corrected chi connectivity index (χ0v) is 11.0. The zero-order chi connectivity index (χ0) is 13.1. The molecule has 1 aliphatic heterocycles. The molecule has 1 aromatic rings. The van der Waals surface area contributed by atoms with Gasteiger partial charge < -0.3 is 14.5 Å². The topological polar surface area (TPSA) is 58.6 Å². The number of aromatic nitrogens is 2. The molecule has 2 rings (SSSR count). The molecule has 1 aromatic heterocycles. The van der Waals surface area contributed by atoms with Crippen LogP contribution in [0.4, 0.5) is 5.82 Å². The highest BCUT2D eigenvalue weighted by Gasteiger charge is 2.26. The van der Waals surface area contributed by atoms with Crippen molar-refractivity contribution in [3.63, 3.8) is 0 Å². The molecule has 0 spiro atoms. The van der Waals surface area contributed by atoms with E-state index >= 15 is 0 Å². The number of nitrogens with zero attached hydrogens (tertiary/aromatic N) is 4. The molecule has 6 nitrogen and oxygen atoms in total. The second-order valence-electron chi connectivity index (χ2n) is 4.57. The first-order chi connectivity index (χ1) is 8.58. The normalized spacial score (nSPS) is 18.8. The monoisotopic (exact) mass is 250 g/mol. The van der Waals surface area contributed by atoms with Crippen LogP contribution in [0, 0.1) is 0 Å². The van der Waals surface area contributed by atoms with Gasteiger partial charge >= 0.3 is 0 Å². The standard InChI is InChI=1S/C12H18N4O2/c1-9(17)16-7-4-10(8-16)18-12-11(15(2)3)13-5-6-14-12/h5-6,10H,4,7-8H2,1-3H3. The molecule has 1 unspecified atom stereocenters. The Morgan fingerprint density at radius 3 is 2.78 bits per heavy atom. The summed E-state index contributed by atoms with van der Waals surface area (Å²) in [5, 5.41) is 0. The number of hydrogen-bond acceptors (Lipinski definition) is 5. The molecule has 0 saturated carbocycles. The average molecular weight is 250 g/mol. The summed E-state index contributed by atoms with van der Waals surface area (Å²) >= 11 is 0. The number of hydrogen-bond donors (Lipinski definition) is 0. The Hall–Kier alpha value is -1.85. The van der Waals surface area contributed by atoms with E-state index in [2.05, 4.69) is 9.97 Å². The van der Waals surface area contributed by atoms with Gasteiger partial charge in [0.2, 0.25) is 5.91 Å². The van der Waals surface area contributed by atoms with Gasteiger partial charge in [-0.1, -0.05) is 0 Å². The van der Waals surface area contributed by atoms with Crippen molar-refractivity contribution in [3.8, 4) is 5.88 Å². The third-order valence-electron chi connectivity index (χ3n) is 2.94. The number of rotatable bonds is 3. The SMILES string of the molecule is CC(=O)N1CCC(Oc2nccnc2N(C)C)C1. The van der Waals surface area contributed by atoms with Crippen LogP contribution in [0.25, 0.3) is 0 Å². The van der Waals surface area contributed by atoms with Crippen molar-refractivity contribution in [1.82, 2.24) is 14.9 Å².